The minimum atomic E-state index is -0.419. The molecule has 136 valence electrons. The molecule has 1 fully saturated rings. The highest BCUT2D eigenvalue weighted by atomic mass is 16.5. The number of anilines is 2. The van der Waals surface area contributed by atoms with Crippen LogP contribution in [0.1, 0.15) is 40.6 Å². The third-order valence-electron chi connectivity index (χ3n) is 4.36. The number of amides is 1. The number of carbonyl (C=O) groups is 2. The number of nitrogens with zero attached hydrogens (tertiary/aromatic N) is 3. The quantitative estimate of drug-likeness (QED) is 0.850. The molecule has 1 saturated heterocycles. The molecule has 1 unspecified atom stereocenters. The molecule has 1 aromatic carbocycles. The maximum Gasteiger partial charge on any atom is 0.337 e. The van der Waals surface area contributed by atoms with Crippen LogP contribution in [0.4, 0.5) is 11.6 Å². The number of likely N-dealkylation sites (tertiary alicyclic amines) is 1. The number of nitrogens with one attached hydrogen (secondary N) is 1. The number of hydrogen-bond acceptors (Lipinski definition) is 6. The van der Waals surface area contributed by atoms with Crippen LogP contribution in [0.5, 0.6) is 0 Å². The van der Waals surface area contributed by atoms with Crippen molar-refractivity contribution in [3.05, 3.63) is 47.8 Å². The van der Waals surface area contributed by atoms with Crippen molar-refractivity contribution in [2.45, 2.75) is 19.8 Å². The molecule has 0 aliphatic carbocycles. The number of aromatic nitrogens is 2. The van der Waals surface area contributed by atoms with E-state index in [0.717, 1.165) is 25.9 Å². The van der Waals surface area contributed by atoms with Crippen LogP contribution >= 0.6 is 0 Å². The van der Waals surface area contributed by atoms with Gasteiger partial charge in [0.05, 0.1) is 12.7 Å². The molecule has 2 aromatic rings. The number of piperidine rings is 1. The van der Waals surface area contributed by atoms with E-state index < -0.39 is 5.97 Å². The van der Waals surface area contributed by atoms with E-state index in [-0.39, 0.29) is 5.91 Å². The SMILES string of the molecule is COC(=O)c1cccc(Nc2nccc(C(=O)N3CCCC(C)C3)n2)c1. The second-order valence-electron chi connectivity index (χ2n) is 6.46. The summed E-state index contributed by atoms with van der Waals surface area (Å²) in [6, 6.07) is 8.46. The Kier molecular flexibility index (Phi) is 5.46. The highest BCUT2D eigenvalue weighted by Crippen LogP contribution is 2.19. The van der Waals surface area contributed by atoms with Gasteiger partial charge in [-0.15, -0.1) is 0 Å². The van der Waals surface area contributed by atoms with Crippen molar-refractivity contribution >= 4 is 23.5 Å². The van der Waals surface area contributed by atoms with Gasteiger partial charge in [0.1, 0.15) is 5.69 Å². The fraction of sp³-hybridized carbons (Fsp3) is 0.368. The number of methoxy groups -OCH3 is 1. The summed E-state index contributed by atoms with van der Waals surface area (Å²) in [6.45, 7) is 3.67. The lowest BCUT2D eigenvalue weighted by Crippen LogP contribution is -2.39. The van der Waals surface area contributed by atoms with Crippen LogP contribution in [0.15, 0.2) is 36.5 Å². The van der Waals surface area contributed by atoms with E-state index in [9.17, 15) is 9.59 Å². The molecule has 7 nitrogen and oxygen atoms in total. The largest absolute Gasteiger partial charge is 0.465 e. The third kappa shape index (κ3) is 4.17. The van der Waals surface area contributed by atoms with Crippen molar-refractivity contribution in [3.8, 4) is 0 Å². The lowest BCUT2D eigenvalue weighted by atomic mass is 10.00. The Morgan fingerprint density at radius 2 is 2.15 bits per heavy atom. The molecule has 1 amide bonds. The molecule has 1 N–H and O–H groups in total. The smallest absolute Gasteiger partial charge is 0.337 e. The fourth-order valence-electron chi connectivity index (χ4n) is 3.04. The molecule has 0 bridgehead atoms. The Labute approximate surface area is 152 Å². The number of rotatable bonds is 4. The molecule has 2 heterocycles. The van der Waals surface area contributed by atoms with Gasteiger partial charge in [-0.1, -0.05) is 13.0 Å². The first kappa shape index (κ1) is 17.8. The zero-order chi connectivity index (χ0) is 18.5. The van der Waals surface area contributed by atoms with Gasteiger partial charge in [0.2, 0.25) is 5.95 Å². The van der Waals surface area contributed by atoms with Crippen molar-refractivity contribution in [1.82, 2.24) is 14.9 Å². The number of carbonyl (C=O) groups excluding carboxylic acids is 2. The molecular weight excluding hydrogens is 332 g/mol. The molecule has 0 radical (unpaired) electrons. The van der Waals surface area contributed by atoms with Crippen LogP contribution in [0.3, 0.4) is 0 Å². The average Bonchev–Trinajstić information content (AvgIpc) is 2.67. The van der Waals surface area contributed by atoms with E-state index >= 15 is 0 Å². The Bertz CT molecular complexity index is 809. The minimum Gasteiger partial charge on any atom is -0.465 e. The van der Waals surface area contributed by atoms with E-state index in [1.807, 2.05) is 4.90 Å². The van der Waals surface area contributed by atoms with Gasteiger partial charge < -0.3 is 15.0 Å². The van der Waals surface area contributed by atoms with Crippen molar-refractivity contribution in [2.75, 3.05) is 25.5 Å². The normalized spacial score (nSPS) is 16.8. The standard InChI is InChI=1S/C19H22N4O3/c1-13-5-4-10-23(12-13)17(24)16-8-9-20-19(22-16)21-15-7-3-6-14(11-15)18(25)26-2/h3,6-9,11,13H,4-5,10,12H2,1-2H3,(H,20,21,22). The van der Waals surface area contributed by atoms with Crippen molar-refractivity contribution < 1.29 is 14.3 Å². The predicted octanol–water partition coefficient (Wildman–Crippen LogP) is 2.88. The summed E-state index contributed by atoms with van der Waals surface area (Å²) in [5.74, 6) is 0.319. The van der Waals surface area contributed by atoms with E-state index in [4.69, 9.17) is 4.74 Å². The summed E-state index contributed by atoms with van der Waals surface area (Å²) in [5.41, 5.74) is 1.43. The first-order valence-corrected chi connectivity index (χ1v) is 8.64. The second kappa shape index (κ2) is 7.95. The molecule has 1 aliphatic rings. The molecule has 7 heteroatoms. The molecule has 0 spiro atoms. The third-order valence-corrected chi connectivity index (χ3v) is 4.36. The monoisotopic (exact) mass is 354 g/mol. The van der Waals surface area contributed by atoms with E-state index in [0.29, 0.717) is 28.8 Å². The van der Waals surface area contributed by atoms with Gasteiger partial charge in [0, 0.05) is 25.0 Å². The zero-order valence-electron chi connectivity index (χ0n) is 14.9. The fourth-order valence-corrected chi connectivity index (χ4v) is 3.04. The summed E-state index contributed by atoms with van der Waals surface area (Å²) in [4.78, 5) is 34.7. The number of esters is 1. The Balaban J connectivity index is 1.75. The van der Waals surface area contributed by atoms with Crippen LogP contribution < -0.4 is 5.32 Å². The molecule has 0 saturated carbocycles. The van der Waals surface area contributed by atoms with Crippen LogP contribution in [0, 0.1) is 5.92 Å². The molecule has 26 heavy (non-hydrogen) atoms. The predicted molar refractivity (Wildman–Crippen MR) is 97.4 cm³/mol. The van der Waals surface area contributed by atoms with Gasteiger partial charge in [0.15, 0.2) is 0 Å². The van der Waals surface area contributed by atoms with E-state index in [2.05, 4.69) is 22.2 Å². The maximum atomic E-state index is 12.7. The summed E-state index contributed by atoms with van der Waals surface area (Å²) in [5, 5.41) is 3.03. The first-order valence-electron chi connectivity index (χ1n) is 8.64. The van der Waals surface area contributed by atoms with Gasteiger partial charge >= 0.3 is 5.97 Å². The highest BCUT2D eigenvalue weighted by molar-refractivity contribution is 5.93. The Morgan fingerprint density at radius 3 is 2.92 bits per heavy atom. The van der Waals surface area contributed by atoms with E-state index in [1.165, 1.54) is 7.11 Å². The maximum absolute atomic E-state index is 12.7. The minimum absolute atomic E-state index is 0.0784. The number of ether oxygens (including phenoxy) is 1. The van der Waals surface area contributed by atoms with Gasteiger partial charge in [-0.3, -0.25) is 4.79 Å². The number of hydrogen-bond donors (Lipinski definition) is 1. The molecule has 1 aliphatic heterocycles. The van der Waals surface area contributed by atoms with Gasteiger partial charge in [0.25, 0.3) is 5.91 Å². The van der Waals surface area contributed by atoms with Crippen molar-refractivity contribution in [2.24, 2.45) is 5.92 Å². The van der Waals surface area contributed by atoms with Crippen LogP contribution in [-0.2, 0) is 4.74 Å². The zero-order valence-corrected chi connectivity index (χ0v) is 14.9. The van der Waals surface area contributed by atoms with Crippen LogP contribution in [0.2, 0.25) is 0 Å². The van der Waals surface area contributed by atoms with Crippen molar-refractivity contribution in [3.63, 3.8) is 0 Å². The topological polar surface area (TPSA) is 84.4 Å². The average molecular weight is 354 g/mol. The molecule has 1 atom stereocenters. The van der Waals surface area contributed by atoms with E-state index in [1.54, 1.807) is 36.5 Å². The van der Waals surface area contributed by atoms with Crippen LogP contribution in [-0.4, -0.2) is 46.9 Å². The second-order valence-corrected chi connectivity index (χ2v) is 6.46. The first-order chi connectivity index (χ1) is 12.6. The molecule has 3 rings (SSSR count). The summed E-state index contributed by atoms with van der Waals surface area (Å²) in [6.07, 6.45) is 3.72. The Morgan fingerprint density at radius 1 is 1.31 bits per heavy atom. The van der Waals surface area contributed by atoms with Crippen LogP contribution in [0.25, 0.3) is 0 Å². The molecule has 1 aromatic heterocycles. The summed E-state index contributed by atoms with van der Waals surface area (Å²) < 4.78 is 4.72. The van der Waals surface area contributed by atoms with Crippen molar-refractivity contribution in [1.29, 1.82) is 0 Å². The number of benzene rings is 1. The van der Waals surface area contributed by atoms with Gasteiger partial charge in [-0.05, 0) is 43.0 Å². The lowest BCUT2D eigenvalue weighted by molar-refractivity contribution is 0.0600. The van der Waals surface area contributed by atoms with Gasteiger partial charge in [-0.25, -0.2) is 14.8 Å². The highest BCUT2D eigenvalue weighted by Gasteiger charge is 2.23. The summed E-state index contributed by atoms with van der Waals surface area (Å²) in [7, 11) is 1.34. The Hall–Kier alpha value is -2.96. The van der Waals surface area contributed by atoms with Gasteiger partial charge in [-0.2, -0.15) is 0 Å². The summed E-state index contributed by atoms with van der Waals surface area (Å²) >= 11 is 0. The lowest BCUT2D eigenvalue weighted by Gasteiger charge is -2.30. The molecular formula is C19H22N4O3.